The van der Waals surface area contributed by atoms with Crippen LogP contribution in [-0.2, 0) is 4.79 Å². The Hall–Kier alpha value is -4.05. The van der Waals surface area contributed by atoms with E-state index in [9.17, 15) is 4.79 Å². The highest BCUT2D eigenvalue weighted by Gasteiger charge is 2.11. The number of carbonyl (C=O) groups is 1. The molecule has 0 fully saturated rings. The van der Waals surface area contributed by atoms with Crippen LogP contribution < -0.4 is 4.74 Å². The highest BCUT2D eigenvalue weighted by Crippen LogP contribution is 2.29. The van der Waals surface area contributed by atoms with Crippen molar-refractivity contribution >= 4 is 5.97 Å². The molecule has 0 saturated carbocycles. The number of aromatic nitrogens is 2. The van der Waals surface area contributed by atoms with Crippen molar-refractivity contribution in [3.05, 3.63) is 104 Å². The van der Waals surface area contributed by atoms with Crippen LogP contribution in [0.2, 0.25) is 0 Å². The average molecular weight is 378 g/mol. The van der Waals surface area contributed by atoms with Crippen molar-refractivity contribution in [1.82, 2.24) is 9.97 Å². The fourth-order valence-electron chi connectivity index (χ4n) is 2.94. The molecule has 0 amide bonds. The molecule has 29 heavy (non-hydrogen) atoms. The van der Waals surface area contributed by atoms with Crippen molar-refractivity contribution in [2.75, 3.05) is 0 Å². The molecule has 0 aliphatic heterocycles. The lowest BCUT2D eigenvalue weighted by Gasteiger charge is -2.10. The number of ether oxygens (including phenoxy) is 1. The second kappa shape index (κ2) is 8.31. The van der Waals surface area contributed by atoms with Crippen LogP contribution in [0.1, 0.15) is 0 Å². The second-order valence-corrected chi connectivity index (χ2v) is 6.35. The van der Waals surface area contributed by atoms with Crippen LogP contribution in [0.3, 0.4) is 0 Å². The predicted molar refractivity (Wildman–Crippen MR) is 114 cm³/mol. The normalized spacial score (nSPS) is 10.3. The summed E-state index contributed by atoms with van der Waals surface area (Å²) in [5.74, 6) is 0.573. The van der Waals surface area contributed by atoms with E-state index in [2.05, 4.69) is 6.58 Å². The lowest BCUT2D eigenvalue weighted by atomic mass is 10.1. The third-order valence-corrected chi connectivity index (χ3v) is 4.34. The molecule has 4 rings (SSSR count). The molecule has 0 aliphatic carbocycles. The van der Waals surface area contributed by atoms with Crippen molar-refractivity contribution in [1.29, 1.82) is 0 Å². The largest absolute Gasteiger partial charge is 0.423 e. The van der Waals surface area contributed by atoms with E-state index in [1.54, 1.807) is 12.1 Å². The van der Waals surface area contributed by atoms with Gasteiger partial charge in [-0.25, -0.2) is 14.8 Å². The van der Waals surface area contributed by atoms with Crippen molar-refractivity contribution in [2.24, 2.45) is 0 Å². The summed E-state index contributed by atoms with van der Waals surface area (Å²) in [6, 6.07) is 29.0. The van der Waals surface area contributed by atoms with Gasteiger partial charge in [0.05, 0.1) is 11.4 Å². The van der Waals surface area contributed by atoms with Gasteiger partial charge in [0, 0.05) is 22.8 Å². The Morgan fingerprint density at radius 1 is 0.724 bits per heavy atom. The van der Waals surface area contributed by atoms with Crippen LogP contribution in [0.5, 0.6) is 5.75 Å². The van der Waals surface area contributed by atoms with Crippen LogP contribution in [0.25, 0.3) is 33.9 Å². The Kier molecular flexibility index (Phi) is 5.25. The van der Waals surface area contributed by atoms with Crippen LogP contribution in [0.4, 0.5) is 0 Å². The monoisotopic (exact) mass is 378 g/mol. The van der Waals surface area contributed by atoms with Gasteiger partial charge in [0.1, 0.15) is 5.75 Å². The van der Waals surface area contributed by atoms with Crippen LogP contribution in [-0.4, -0.2) is 15.9 Å². The summed E-state index contributed by atoms with van der Waals surface area (Å²) < 4.78 is 5.26. The van der Waals surface area contributed by atoms with Gasteiger partial charge < -0.3 is 4.74 Å². The summed E-state index contributed by atoms with van der Waals surface area (Å²) in [5, 5.41) is 0. The molecule has 0 bridgehead atoms. The molecular formula is C25H18N2O2. The molecule has 3 aromatic carbocycles. The van der Waals surface area contributed by atoms with Gasteiger partial charge >= 0.3 is 5.97 Å². The van der Waals surface area contributed by atoms with Gasteiger partial charge in [0.25, 0.3) is 0 Å². The molecule has 4 nitrogen and oxygen atoms in total. The van der Waals surface area contributed by atoms with Crippen molar-refractivity contribution in [3.8, 4) is 39.7 Å². The standard InChI is InChI=1S/C25H18N2O2/c1-2-24(28)29-21-15-9-14-20(16-21)23-17-22(18-10-5-3-6-11-18)26-25(27-23)19-12-7-4-8-13-19/h2-17H,1H2. The molecular weight excluding hydrogens is 360 g/mol. The lowest BCUT2D eigenvalue weighted by Crippen LogP contribution is -2.03. The van der Waals surface area contributed by atoms with E-state index >= 15 is 0 Å². The first-order chi connectivity index (χ1) is 14.2. The van der Waals surface area contributed by atoms with Crippen molar-refractivity contribution in [2.45, 2.75) is 0 Å². The number of hydrogen-bond donors (Lipinski definition) is 0. The Balaban J connectivity index is 1.84. The van der Waals surface area contributed by atoms with Crippen LogP contribution in [0.15, 0.2) is 104 Å². The first-order valence-electron chi connectivity index (χ1n) is 9.17. The van der Waals surface area contributed by atoms with E-state index in [0.29, 0.717) is 11.6 Å². The topological polar surface area (TPSA) is 52.1 Å². The maximum absolute atomic E-state index is 11.5. The maximum Gasteiger partial charge on any atom is 0.335 e. The molecule has 1 aromatic heterocycles. The molecule has 1 heterocycles. The summed E-state index contributed by atoms with van der Waals surface area (Å²) in [6.07, 6.45) is 1.14. The van der Waals surface area contributed by atoms with E-state index in [0.717, 1.165) is 34.2 Å². The first-order valence-corrected chi connectivity index (χ1v) is 9.17. The minimum Gasteiger partial charge on any atom is -0.423 e. The fraction of sp³-hybridized carbons (Fsp3) is 0. The quantitative estimate of drug-likeness (QED) is 0.259. The number of benzene rings is 3. The molecule has 0 spiro atoms. The van der Waals surface area contributed by atoms with Gasteiger partial charge in [0.15, 0.2) is 5.82 Å². The minimum atomic E-state index is -0.500. The number of nitrogens with zero attached hydrogens (tertiary/aromatic N) is 2. The fourth-order valence-corrected chi connectivity index (χ4v) is 2.94. The minimum absolute atomic E-state index is 0.438. The van der Waals surface area contributed by atoms with Crippen LogP contribution >= 0.6 is 0 Å². The number of hydrogen-bond acceptors (Lipinski definition) is 4. The SMILES string of the molecule is C=CC(=O)Oc1cccc(-c2cc(-c3ccccc3)nc(-c3ccccc3)n2)c1. The van der Waals surface area contributed by atoms with Gasteiger partial charge in [0.2, 0.25) is 0 Å². The maximum atomic E-state index is 11.5. The Labute approximate surface area is 169 Å². The Morgan fingerprint density at radius 2 is 1.31 bits per heavy atom. The summed E-state index contributed by atoms with van der Waals surface area (Å²) in [5.41, 5.74) is 4.33. The predicted octanol–water partition coefficient (Wildman–Crippen LogP) is 5.57. The van der Waals surface area contributed by atoms with Crippen LogP contribution in [0, 0.1) is 0 Å². The van der Waals surface area contributed by atoms with Crippen molar-refractivity contribution < 1.29 is 9.53 Å². The molecule has 4 aromatic rings. The summed E-state index contributed by atoms with van der Waals surface area (Å²) in [4.78, 5) is 21.1. The van der Waals surface area contributed by atoms with Gasteiger partial charge in [-0.3, -0.25) is 0 Å². The van der Waals surface area contributed by atoms with Gasteiger partial charge in [-0.05, 0) is 18.2 Å². The zero-order chi connectivity index (χ0) is 20.1. The molecule has 0 aliphatic rings. The molecule has 0 atom stereocenters. The highest BCUT2D eigenvalue weighted by molar-refractivity contribution is 5.83. The van der Waals surface area contributed by atoms with E-state index in [1.165, 1.54) is 0 Å². The number of carbonyl (C=O) groups excluding carboxylic acids is 1. The molecule has 0 N–H and O–H groups in total. The van der Waals surface area contributed by atoms with E-state index in [-0.39, 0.29) is 0 Å². The van der Waals surface area contributed by atoms with Crippen molar-refractivity contribution in [3.63, 3.8) is 0 Å². The van der Waals surface area contributed by atoms with Gasteiger partial charge in [-0.1, -0.05) is 79.4 Å². The molecule has 0 saturated heterocycles. The third-order valence-electron chi connectivity index (χ3n) is 4.34. The molecule has 4 heteroatoms. The third kappa shape index (κ3) is 4.28. The zero-order valence-corrected chi connectivity index (χ0v) is 15.7. The number of rotatable bonds is 5. The second-order valence-electron chi connectivity index (χ2n) is 6.35. The first kappa shape index (κ1) is 18.3. The summed E-state index contributed by atoms with van der Waals surface area (Å²) in [6.45, 7) is 3.43. The molecule has 0 radical (unpaired) electrons. The summed E-state index contributed by atoms with van der Waals surface area (Å²) in [7, 11) is 0. The van der Waals surface area contributed by atoms with E-state index < -0.39 is 5.97 Å². The summed E-state index contributed by atoms with van der Waals surface area (Å²) >= 11 is 0. The highest BCUT2D eigenvalue weighted by atomic mass is 16.5. The number of esters is 1. The smallest absolute Gasteiger partial charge is 0.335 e. The molecule has 0 unspecified atom stereocenters. The zero-order valence-electron chi connectivity index (χ0n) is 15.7. The van der Waals surface area contributed by atoms with Gasteiger partial charge in [-0.2, -0.15) is 0 Å². The molecule has 140 valence electrons. The lowest BCUT2D eigenvalue weighted by molar-refractivity contribution is -0.128. The Morgan fingerprint density at radius 3 is 1.97 bits per heavy atom. The van der Waals surface area contributed by atoms with E-state index in [4.69, 9.17) is 14.7 Å². The Bertz CT molecular complexity index is 1100. The average Bonchev–Trinajstić information content (AvgIpc) is 2.80. The van der Waals surface area contributed by atoms with E-state index in [1.807, 2.05) is 78.9 Å². The van der Waals surface area contributed by atoms with Gasteiger partial charge in [-0.15, -0.1) is 0 Å².